The van der Waals surface area contributed by atoms with E-state index in [0.29, 0.717) is 18.6 Å². The van der Waals surface area contributed by atoms with Crippen LogP contribution in [0.4, 0.5) is 13.2 Å². The summed E-state index contributed by atoms with van der Waals surface area (Å²) in [6.45, 7) is 0.392. The van der Waals surface area contributed by atoms with Crippen molar-refractivity contribution >= 4 is 5.91 Å². The molecule has 1 aromatic rings. The highest BCUT2D eigenvalue weighted by Crippen LogP contribution is 2.30. The summed E-state index contributed by atoms with van der Waals surface area (Å²) in [5.74, 6) is -0.268. The highest BCUT2D eigenvalue weighted by molar-refractivity contribution is 5.79. The number of hydrogen-bond acceptors (Lipinski definition) is 3. The number of hydrogen-bond donors (Lipinski definition) is 2. The van der Waals surface area contributed by atoms with Crippen molar-refractivity contribution in [1.29, 1.82) is 0 Å². The molecule has 1 amide bonds. The topological polar surface area (TPSA) is 58.6 Å². The van der Waals surface area contributed by atoms with Crippen LogP contribution in [0.15, 0.2) is 24.3 Å². The number of rotatable bonds is 5. The number of ether oxygens (including phenoxy) is 1. The molecule has 0 spiro atoms. The summed E-state index contributed by atoms with van der Waals surface area (Å²) in [7, 11) is 0. The molecule has 2 N–H and O–H groups in total. The van der Waals surface area contributed by atoms with Gasteiger partial charge in [0.15, 0.2) is 0 Å². The van der Waals surface area contributed by atoms with Crippen molar-refractivity contribution in [3.63, 3.8) is 0 Å². The maximum Gasteiger partial charge on any atom is 0.416 e. The lowest BCUT2D eigenvalue weighted by Crippen LogP contribution is -2.36. The molecule has 0 radical (unpaired) electrons. The first-order valence-electron chi connectivity index (χ1n) is 7.14. The van der Waals surface area contributed by atoms with E-state index < -0.39 is 17.8 Å². The van der Waals surface area contributed by atoms with Crippen LogP contribution in [-0.4, -0.2) is 30.3 Å². The number of carbonyl (C=O) groups excluding carboxylic acids is 1. The highest BCUT2D eigenvalue weighted by Gasteiger charge is 2.31. The van der Waals surface area contributed by atoms with Crippen LogP contribution in [0, 0.1) is 5.92 Å². The van der Waals surface area contributed by atoms with Crippen LogP contribution in [0.25, 0.3) is 0 Å². The summed E-state index contributed by atoms with van der Waals surface area (Å²) in [6, 6.07) is 4.38. The summed E-state index contributed by atoms with van der Waals surface area (Å²) in [6.07, 6.45) is -2.81. The maximum absolute atomic E-state index is 12.4. The number of alkyl halides is 3. The number of aliphatic hydroxyl groups is 1. The van der Waals surface area contributed by atoms with Crippen LogP contribution in [0.1, 0.15) is 24.8 Å². The number of aliphatic hydroxyl groups excluding tert-OH is 1. The minimum atomic E-state index is -4.37. The van der Waals surface area contributed by atoms with Gasteiger partial charge in [-0.15, -0.1) is 0 Å². The summed E-state index contributed by atoms with van der Waals surface area (Å²) >= 11 is 0. The average Bonchev–Trinajstić information content (AvgIpc) is 2.89. The molecule has 0 bridgehead atoms. The Morgan fingerprint density at radius 2 is 1.95 bits per heavy atom. The van der Waals surface area contributed by atoms with Gasteiger partial charge in [-0.3, -0.25) is 4.79 Å². The van der Waals surface area contributed by atoms with E-state index in [-0.39, 0.29) is 25.0 Å². The van der Waals surface area contributed by atoms with Crippen molar-refractivity contribution < 1.29 is 27.8 Å². The second-order valence-corrected chi connectivity index (χ2v) is 5.27. The first-order valence-corrected chi connectivity index (χ1v) is 7.14. The van der Waals surface area contributed by atoms with E-state index in [1.54, 1.807) is 0 Å². The van der Waals surface area contributed by atoms with Crippen LogP contribution in [0.3, 0.4) is 0 Å². The van der Waals surface area contributed by atoms with Crippen LogP contribution in [-0.2, 0) is 11.0 Å². The summed E-state index contributed by atoms with van der Waals surface area (Å²) in [5, 5.41) is 12.3. The van der Waals surface area contributed by atoms with Crippen LogP contribution in [0.5, 0.6) is 5.75 Å². The van der Waals surface area contributed by atoms with E-state index in [1.807, 2.05) is 0 Å². The third-order valence-corrected chi connectivity index (χ3v) is 3.67. The Bertz CT molecular complexity index is 502. The van der Waals surface area contributed by atoms with Crippen molar-refractivity contribution in [3.05, 3.63) is 29.8 Å². The molecule has 2 unspecified atom stereocenters. The van der Waals surface area contributed by atoms with Gasteiger partial charge in [-0.05, 0) is 43.5 Å². The van der Waals surface area contributed by atoms with Gasteiger partial charge < -0.3 is 15.2 Å². The molecular weight excluding hydrogens is 299 g/mol. The lowest BCUT2D eigenvalue weighted by atomic mass is 10.1. The molecule has 22 heavy (non-hydrogen) atoms. The number of nitrogens with one attached hydrogen (secondary N) is 1. The molecule has 0 aliphatic heterocycles. The fourth-order valence-electron chi connectivity index (χ4n) is 2.46. The van der Waals surface area contributed by atoms with Crippen molar-refractivity contribution in [2.45, 2.75) is 31.5 Å². The summed E-state index contributed by atoms with van der Waals surface area (Å²) in [4.78, 5) is 11.8. The molecule has 0 aromatic heterocycles. The predicted molar refractivity (Wildman–Crippen MR) is 73.3 cm³/mol. The molecule has 2 rings (SSSR count). The molecule has 1 aliphatic rings. The van der Waals surface area contributed by atoms with Crippen LogP contribution >= 0.6 is 0 Å². The summed E-state index contributed by atoms with van der Waals surface area (Å²) < 4.78 is 42.4. The maximum atomic E-state index is 12.4. The molecule has 1 aliphatic carbocycles. The summed E-state index contributed by atoms with van der Waals surface area (Å²) in [5.41, 5.74) is -0.733. The number of amides is 1. The van der Waals surface area contributed by atoms with Gasteiger partial charge in [0, 0.05) is 0 Å². The third kappa shape index (κ3) is 4.37. The van der Waals surface area contributed by atoms with Crippen molar-refractivity contribution in [3.8, 4) is 5.75 Å². The van der Waals surface area contributed by atoms with Crippen molar-refractivity contribution in [1.82, 2.24) is 5.32 Å². The highest BCUT2D eigenvalue weighted by atomic mass is 19.4. The SMILES string of the molecule is O=C(NCCOc1ccc(C(F)(F)F)cc1)C1CCCC1O. The van der Waals surface area contributed by atoms with Gasteiger partial charge in [0.25, 0.3) is 0 Å². The molecule has 7 heteroatoms. The average molecular weight is 317 g/mol. The van der Waals surface area contributed by atoms with Gasteiger partial charge >= 0.3 is 6.18 Å². The molecule has 1 fully saturated rings. The Balaban J connectivity index is 1.71. The van der Waals surface area contributed by atoms with Crippen molar-refractivity contribution in [2.75, 3.05) is 13.2 Å². The number of carbonyl (C=O) groups is 1. The minimum absolute atomic E-state index is 0.153. The van der Waals surface area contributed by atoms with E-state index in [2.05, 4.69) is 5.32 Å². The molecule has 0 saturated heterocycles. The van der Waals surface area contributed by atoms with E-state index >= 15 is 0 Å². The minimum Gasteiger partial charge on any atom is -0.492 e. The van der Waals surface area contributed by atoms with E-state index in [4.69, 9.17) is 4.74 Å². The molecule has 1 aromatic carbocycles. The van der Waals surface area contributed by atoms with E-state index in [9.17, 15) is 23.1 Å². The van der Waals surface area contributed by atoms with Gasteiger partial charge in [0.05, 0.1) is 24.1 Å². The monoisotopic (exact) mass is 317 g/mol. The van der Waals surface area contributed by atoms with Gasteiger partial charge in [-0.1, -0.05) is 0 Å². The van der Waals surface area contributed by atoms with Gasteiger partial charge in [0.1, 0.15) is 12.4 Å². The predicted octanol–water partition coefficient (Wildman–Crippen LogP) is 2.36. The zero-order chi connectivity index (χ0) is 16.2. The van der Waals surface area contributed by atoms with Crippen LogP contribution < -0.4 is 10.1 Å². The van der Waals surface area contributed by atoms with Gasteiger partial charge in [0.2, 0.25) is 5.91 Å². The van der Waals surface area contributed by atoms with Gasteiger partial charge in [-0.25, -0.2) is 0 Å². The molecular formula is C15H18F3NO3. The lowest BCUT2D eigenvalue weighted by molar-refractivity contribution is -0.137. The van der Waals surface area contributed by atoms with E-state index in [1.165, 1.54) is 12.1 Å². The second kappa shape index (κ2) is 7.00. The Morgan fingerprint density at radius 1 is 1.27 bits per heavy atom. The quantitative estimate of drug-likeness (QED) is 0.820. The Hall–Kier alpha value is -1.76. The third-order valence-electron chi connectivity index (χ3n) is 3.67. The Kier molecular flexibility index (Phi) is 5.28. The molecule has 122 valence electrons. The zero-order valence-corrected chi connectivity index (χ0v) is 11.9. The fraction of sp³-hybridized carbons (Fsp3) is 0.533. The standard InChI is InChI=1S/C15H18F3NO3/c16-15(17,18)10-4-6-11(7-5-10)22-9-8-19-14(21)12-2-1-3-13(12)20/h4-7,12-13,20H,1-3,8-9H2,(H,19,21). The molecule has 1 saturated carbocycles. The number of halogens is 3. The van der Waals surface area contributed by atoms with E-state index in [0.717, 1.165) is 18.6 Å². The molecule has 4 nitrogen and oxygen atoms in total. The second-order valence-electron chi connectivity index (χ2n) is 5.27. The Morgan fingerprint density at radius 3 is 2.50 bits per heavy atom. The number of benzene rings is 1. The normalized spacial score (nSPS) is 21.6. The first kappa shape index (κ1) is 16.6. The Labute approximate surface area is 126 Å². The fourth-order valence-corrected chi connectivity index (χ4v) is 2.46. The zero-order valence-electron chi connectivity index (χ0n) is 11.9. The molecule has 2 atom stereocenters. The van der Waals surface area contributed by atoms with Crippen LogP contribution in [0.2, 0.25) is 0 Å². The van der Waals surface area contributed by atoms with Gasteiger partial charge in [-0.2, -0.15) is 13.2 Å². The largest absolute Gasteiger partial charge is 0.492 e. The lowest BCUT2D eigenvalue weighted by Gasteiger charge is -2.14. The first-order chi connectivity index (χ1) is 10.4. The smallest absolute Gasteiger partial charge is 0.416 e. The molecule has 0 heterocycles. The van der Waals surface area contributed by atoms with Crippen molar-refractivity contribution in [2.24, 2.45) is 5.92 Å².